The van der Waals surface area contributed by atoms with Gasteiger partial charge in [-0.15, -0.1) is 0 Å². The number of fused-ring (bicyclic) bond motifs is 2. The maximum atomic E-state index is 15.4. The highest BCUT2D eigenvalue weighted by molar-refractivity contribution is 6.10. The Balaban J connectivity index is 1.50. The normalized spacial score (nSPS) is 25.3. The van der Waals surface area contributed by atoms with E-state index < -0.39 is 82.1 Å². The number of carbonyl (C=O) groups excluding carboxylic acids is 3. The summed E-state index contributed by atoms with van der Waals surface area (Å²) in [5.74, 6) is -11.6. The third kappa shape index (κ3) is 4.78. The fourth-order valence-corrected chi connectivity index (χ4v) is 5.32. The maximum absolute atomic E-state index is 15.4. The predicted molar refractivity (Wildman–Crippen MR) is 132 cm³/mol. The minimum Gasteiger partial charge on any atom is -0.487 e. The fourth-order valence-electron chi connectivity index (χ4n) is 5.32. The summed E-state index contributed by atoms with van der Waals surface area (Å²) in [7, 11) is 0.995. The van der Waals surface area contributed by atoms with E-state index in [0.29, 0.717) is 12.0 Å². The van der Waals surface area contributed by atoms with Gasteiger partial charge < -0.3 is 24.1 Å². The van der Waals surface area contributed by atoms with Crippen LogP contribution in [0.1, 0.15) is 56.2 Å². The molecule has 3 atom stereocenters. The van der Waals surface area contributed by atoms with Crippen molar-refractivity contribution in [3.63, 3.8) is 0 Å². The second-order valence-corrected chi connectivity index (χ2v) is 10.7. The van der Waals surface area contributed by atoms with Gasteiger partial charge in [-0.05, 0) is 26.7 Å². The molecule has 2 heterocycles. The van der Waals surface area contributed by atoms with E-state index >= 15 is 17.6 Å². The summed E-state index contributed by atoms with van der Waals surface area (Å²) in [6, 6.07) is 6.08. The number of esters is 1. The molecule has 1 N–H and O–H groups in total. The van der Waals surface area contributed by atoms with Gasteiger partial charge in [0.15, 0.2) is 34.6 Å². The summed E-state index contributed by atoms with van der Waals surface area (Å²) < 4.78 is 81.6. The van der Waals surface area contributed by atoms with E-state index in [2.05, 4.69) is 4.74 Å². The van der Waals surface area contributed by atoms with Gasteiger partial charge in [-0.3, -0.25) is 9.59 Å². The van der Waals surface area contributed by atoms with Crippen LogP contribution in [0.25, 0.3) is 5.76 Å². The van der Waals surface area contributed by atoms with Crippen LogP contribution < -0.4 is 4.74 Å². The first-order valence-electron chi connectivity index (χ1n) is 12.9. The summed E-state index contributed by atoms with van der Waals surface area (Å²) in [6.07, 6.45) is -4.41. The van der Waals surface area contributed by atoms with Crippen molar-refractivity contribution >= 4 is 23.3 Å². The van der Waals surface area contributed by atoms with Crippen molar-refractivity contribution < 1.29 is 56.0 Å². The topological polar surface area (TPSA) is 108 Å². The zero-order valence-corrected chi connectivity index (χ0v) is 22.3. The summed E-state index contributed by atoms with van der Waals surface area (Å²) in [6.45, 7) is 3.66. The second-order valence-electron chi connectivity index (χ2n) is 10.7. The lowest BCUT2D eigenvalue weighted by molar-refractivity contribution is -0.187. The van der Waals surface area contributed by atoms with E-state index in [1.165, 1.54) is 12.1 Å². The van der Waals surface area contributed by atoms with Crippen molar-refractivity contribution in [2.24, 2.45) is 0 Å². The van der Waals surface area contributed by atoms with Crippen molar-refractivity contribution in [3.05, 3.63) is 69.8 Å². The van der Waals surface area contributed by atoms with Crippen molar-refractivity contribution in [1.82, 2.24) is 0 Å². The average molecular weight is 579 g/mol. The van der Waals surface area contributed by atoms with Gasteiger partial charge in [-0.25, -0.2) is 13.6 Å². The molecule has 1 fully saturated rings. The Morgan fingerprint density at radius 2 is 1.71 bits per heavy atom. The Morgan fingerprint density at radius 3 is 2.37 bits per heavy atom. The molecule has 0 spiro atoms. The lowest BCUT2D eigenvalue weighted by Crippen LogP contribution is -2.45. The highest BCUT2D eigenvalue weighted by Gasteiger charge is 2.50. The number of carbonyl (C=O) groups is 3. The summed E-state index contributed by atoms with van der Waals surface area (Å²) >= 11 is 0. The molecule has 12 heteroatoms. The fraction of sp³-hybridized carbons (Fsp3) is 0.414. The quantitative estimate of drug-likeness (QED) is 0.244. The van der Waals surface area contributed by atoms with Gasteiger partial charge in [0.25, 0.3) is 0 Å². The number of halogens is 4. The molecule has 2 aliphatic heterocycles. The Kier molecular flexibility index (Phi) is 7.19. The molecule has 0 amide bonds. The van der Waals surface area contributed by atoms with Gasteiger partial charge in [0.2, 0.25) is 24.0 Å². The molecule has 1 unspecified atom stereocenters. The molecule has 1 saturated heterocycles. The maximum Gasteiger partial charge on any atom is 0.342 e. The number of methoxy groups -OCH3 is 1. The van der Waals surface area contributed by atoms with E-state index in [0.717, 1.165) is 7.11 Å². The Labute approximate surface area is 231 Å². The SMILES string of the molecule is COC(=O)[C@H]1O[C@@H](Oc2c(F)c(F)c(CC3(O)C(=O)C4=C(OC(C)(C)CC4)c4ccccc43)c(F)c2F)CCC1=O. The third-order valence-corrected chi connectivity index (χ3v) is 7.51. The molecule has 41 heavy (non-hydrogen) atoms. The summed E-state index contributed by atoms with van der Waals surface area (Å²) in [5, 5.41) is 11.7. The van der Waals surface area contributed by atoms with Crippen molar-refractivity contribution in [1.29, 1.82) is 0 Å². The molecule has 1 aliphatic carbocycles. The molecule has 5 rings (SSSR count). The third-order valence-electron chi connectivity index (χ3n) is 7.51. The summed E-state index contributed by atoms with van der Waals surface area (Å²) in [4.78, 5) is 37.3. The zero-order chi connectivity index (χ0) is 29.9. The van der Waals surface area contributed by atoms with Crippen LogP contribution in [0, 0.1) is 23.3 Å². The molecular weight excluding hydrogens is 552 g/mol. The molecule has 2 aromatic rings. The van der Waals surface area contributed by atoms with Crippen LogP contribution in [0.3, 0.4) is 0 Å². The van der Waals surface area contributed by atoms with Gasteiger partial charge in [0.05, 0.1) is 7.11 Å². The van der Waals surface area contributed by atoms with Crippen LogP contribution in [0.4, 0.5) is 17.6 Å². The second kappa shape index (κ2) is 10.3. The Morgan fingerprint density at radius 1 is 1.05 bits per heavy atom. The minimum absolute atomic E-state index is 0.0319. The highest BCUT2D eigenvalue weighted by Crippen LogP contribution is 2.48. The molecule has 3 aliphatic rings. The number of ether oxygens (including phenoxy) is 4. The number of Topliss-reactive ketones (excluding diaryl/α,β-unsaturated/α-hetero) is 2. The first-order valence-corrected chi connectivity index (χ1v) is 12.9. The van der Waals surface area contributed by atoms with Crippen LogP contribution in [0.15, 0.2) is 29.8 Å². The van der Waals surface area contributed by atoms with E-state index in [1.807, 2.05) is 13.8 Å². The largest absolute Gasteiger partial charge is 0.487 e. The number of aliphatic hydroxyl groups is 1. The van der Waals surface area contributed by atoms with E-state index in [4.69, 9.17) is 14.2 Å². The lowest BCUT2D eigenvalue weighted by Gasteiger charge is -2.41. The lowest BCUT2D eigenvalue weighted by atomic mass is 9.71. The monoisotopic (exact) mass is 578 g/mol. The first kappa shape index (κ1) is 28.7. The molecule has 0 saturated carbocycles. The van der Waals surface area contributed by atoms with Gasteiger partial charge in [0.1, 0.15) is 11.4 Å². The first-order chi connectivity index (χ1) is 19.3. The van der Waals surface area contributed by atoms with Crippen molar-refractivity contribution in [2.75, 3.05) is 7.11 Å². The van der Waals surface area contributed by atoms with Gasteiger partial charge in [0, 0.05) is 41.5 Å². The number of hydrogen-bond donors (Lipinski definition) is 1. The van der Waals surface area contributed by atoms with E-state index in [9.17, 15) is 19.5 Å². The highest BCUT2D eigenvalue weighted by atomic mass is 19.2. The van der Waals surface area contributed by atoms with E-state index in [-0.39, 0.29) is 36.2 Å². The van der Waals surface area contributed by atoms with Crippen LogP contribution in [-0.2, 0) is 40.6 Å². The van der Waals surface area contributed by atoms with Gasteiger partial charge >= 0.3 is 5.97 Å². The molecule has 0 aromatic heterocycles. The minimum atomic E-state index is -2.57. The Hall–Kier alpha value is -3.77. The van der Waals surface area contributed by atoms with Crippen LogP contribution in [-0.4, -0.2) is 47.7 Å². The van der Waals surface area contributed by atoms with Crippen LogP contribution in [0.2, 0.25) is 0 Å². The van der Waals surface area contributed by atoms with Crippen molar-refractivity contribution in [2.45, 2.75) is 69.5 Å². The molecule has 0 radical (unpaired) electrons. The molecule has 218 valence electrons. The Bertz CT molecular complexity index is 1460. The van der Waals surface area contributed by atoms with Gasteiger partial charge in [-0.2, -0.15) is 8.78 Å². The standard InChI is InChI=1S/C29H26F4O8/c1-28(2)11-10-14-23(41-28)13-6-4-5-7-16(13)29(37,26(14)35)12-15-19(30)21(32)25(22(33)20(15)31)40-18-9-8-17(34)24(39-18)27(36)38-3/h4-7,18,24,37H,8-12H2,1-3H3/t18-,24-,29?/m0/s1. The molecule has 2 aromatic carbocycles. The van der Waals surface area contributed by atoms with Crippen LogP contribution >= 0.6 is 0 Å². The van der Waals surface area contributed by atoms with Crippen molar-refractivity contribution in [3.8, 4) is 5.75 Å². The number of ketones is 2. The molecule has 8 nitrogen and oxygen atoms in total. The van der Waals surface area contributed by atoms with Crippen LogP contribution in [0.5, 0.6) is 5.75 Å². The molecule has 0 bridgehead atoms. The number of hydrogen-bond acceptors (Lipinski definition) is 8. The van der Waals surface area contributed by atoms with Gasteiger partial charge in [-0.1, -0.05) is 24.3 Å². The zero-order valence-electron chi connectivity index (χ0n) is 22.3. The van der Waals surface area contributed by atoms with E-state index in [1.54, 1.807) is 12.1 Å². The number of benzene rings is 2. The molecular formula is C29H26F4O8. The number of rotatable bonds is 5. The predicted octanol–water partition coefficient (Wildman–Crippen LogP) is 4.18. The summed E-state index contributed by atoms with van der Waals surface area (Å²) in [5.41, 5.74) is -4.00. The average Bonchev–Trinajstić information content (AvgIpc) is 2.95. The smallest absolute Gasteiger partial charge is 0.342 e.